The summed E-state index contributed by atoms with van der Waals surface area (Å²) in [5.41, 5.74) is 12.7. The van der Waals surface area contributed by atoms with Gasteiger partial charge in [0.25, 0.3) is 17.4 Å². The molecule has 1 aliphatic rings. The highest BCUT2D eigenvalue weighted by Crippen LogP contribution is 2.25. The molecule has 0 spiro atoms. The summed E-state index contributed by atoms with van der Waals surface area (Å²) in [4.78, 5) is 52.5. The summed E-state index contributed by atoms with van der Waals surface area (Å²) >= 11 is 6.31. The van der Waals surface area contributed by atoms with Crippen molar-refractivity contribution in [2.24, 2.45) is 11.5 Å². The molecule has 2 aromatic heterocycles. The van der Waals surface area contributed by atoms with Crippen LogP contribution in [0.15, 0.2) is 65.6 Å². The first-order chi connectivity index (χ1) is 19.3. The number of nitrogens with zero attached hydrogens (tertiary/aromatic N) is 3. The molecular formula is C28H29ClN8O3. The van der Waals surface area contributed by atoms with Gasteiger partial charge < -0.3 is 32.0 Å². The number of hydrogen-bond donors (Lipinski definition) is 5. The van der Waals surface area contributed by atoms with Crippen molar-refractivity contribution in [2.45, 2.75) is 24.9 Å². The second kappa shape index (κ2) is 11.8. The van der Waals surface area contributed by atoms with Gasteiger partial charge in [0.05, 0.1) is 16.8 Å². The Morgan fingerprint density at radius 2 is 1.85 bits per heavy atom. The van der Waals surface area contributed by atoms with E-state index in [1.165, 1.54) is 18.2 Å². The fourth-order valence-corrected chi connectivity index (χ4v) is 4.73. The van der Waals surface area contributed by atoms with E-state index in [1.807, 2.05) is 35.2 Å². The number of anilines is 2. The number of rotatable bonds is 7. The van der Waals surface area contributed by atoms with Gasteiger partial charge in [-0.1, -0.05) is 41.9 Å². The maximum absolute atomic E-state index is 13.1. The number of hydrogen-bond acceptors (Lipinski definition) is 8. The quantitative estimate of drug-likeness (QED) is 0.229. The SMILES string of the molecule is NCC(NC(=O)c1ccc(Cl)c(NC(=O)c2cc3cnc(N4CCC(N)CC4)nc3[nH]c2=O)c1)c1ccccc1. The summed E-state index contributed by atoms with van der Waals surface area (Å²) < 4.78 is 0. The Morgan fingerprint density at radius 1 is 1.10 bits per heavy atom. The number of fused-ring (bicyclic) bond motifs is 1. The molecule has 4 aromatic rings. The van der Waals surface area contributed by atoms with Crippen LogP contribution in [-0.4, -0.2) is 52.4 Å². The van der Waals surface area contributed by atoms with Crippen molar-refractivity contribution in [1.82, 2.24) is 20.3 Å². The fourth-order valence-electron chi connectivity index (χ4n) is 4.56. The number of piperidine rings is 1. The molecule has 2 amide bonds. The van der Waals surface area contributed by atoms with E-state index in [9.17, 15) is 14.4 Å². The van der Waals surface area contributed by atoms with Gasteiger partial charge in [-0.2, -0.15) is 4.98 Å². The van der Waals surface area contributed by atoms with Gasteiger partial charge >= 0.3 is 0 Å². The van der Waals surface area contributed by atoms with Gasteiger partial charge in [0.15, 0.2) is 0 Å². The minimum Gasteiger partial charge on any atom is -0.344 e. The van der Waals surface area contributed by atoms with E-state index in [1.54, 1.807) is 12.3 Å². The standard InChI is InChI=1S/C28H29ClN8O3/c29-21-7-6-17(25(38)34-23(14-30)16-4-2-1-3-5-16)13-22(21)33-26(39)20-12-18-15-32-28(36-24(18)35-27(20)40)37-10-8-19(31)9-11-37/h1-7,12-13,15,19,23H,8-11,14,30-31H2,(H,33,39)(H,34,38)(H,32,35,36,40). The number of aromatic amines is 1. The van der Waals surface area contributed by atoms with Crippen LogP contribution in [0.1, 0.15) is 45.2 Å². The molecule has 12 heteroatoms. The molecule has 0 saturated carbocycles. The molecule has 1 saturated heterocycles. The molecule has 11 nitrogen and oxygen atoms in total. The van der Waals surface area contributed by atoms with Crippen LogP contribution in [-0.2, 0) is 0 Å². The monoisotopic (exact) mass is 560 g/mol. The number of nitrogens with one attached hydrogen (secondary N) is 3. The summed E-state index contributed by atoms with van der Waals surface area (Å²) in [5, 5.41) is 6.23. The lowest BCUT2D eigenvalue weighted by molar-refractivity contribution is 0.0936. The van der Waals surface area contributed by atoms with E-state index >= 15 is 0 Å². The number of H-pyrrole nitrogens is 1. The fraction of sp³-hybridized carbons (Fsp3) is 0.250. The van der Waals surface area contributed by atoms with Crippen LogP contribution in [0.5, 0.6) is 0 Å². The molecule has 1 fully saturated rings. The molecule has 2 aromatic carbocycles. The van der Waals surface area contributed by atoms with Crippen LogP contribution in [0.4, 0.5) is 11.6 Å². The Hall–Kier alpha value is -4.32. The molecule has 5 rings (SSSR count). The highest BCUT2D eigenvalue weighted by atomic mass is 35.5. The average Bonchev–Trinajstić information content (AvgIpc) is 2.97. The van der Waals surface area contributed by atoms with E-state index in [-0.39, 0.29) is 34.4 Å². The number of nitrogens with two attached hydrogens (primary N) is 2. The first-order valence-corrected chi connectivity index (χ1v) is 13.3. The Bertz CT molecular complexity index is 1600. The number of pyridine rings is 1. The van der Waals surface area contributed by atoms with Gasteiger partial charge in [-0.3, -0.25) is 14.4 Å². The summed E-state index contributed by atoms with van der Waals surface area (Å²) in [6.07, 6.45) is 3.24. The first kappa shape index (κ1) is 27.3. The molecule has 0 bridgehead atoms. The van der Waals surface area contributed by atoms with Crippen LogP contribution in [0.2, 0.25) is 5.02 Å². The van der Waals surface area contributed by atoms with Gasteiger partial charge in [-0.25, -0.2) is 4.98 Å². The maximum Gasteiger partial charge on any atom is 0.262 e. The van der Waals surface area contributed by atoms with Crippen molar-refractivity contribution in [3.8, 4) is 0 Å². The molecule has 1 aliphatic heterocycles. The smallest absolute Gasteiger partial charge is 0.262 e. The number of aromatic nitrogens is 3. The predicted molar refractivity (Wildman–Crippen MR) is 155 cm³/mol. The van der Waals surface area contributed by atoms with Crippen LogP contribution in [0.25, 0.3) is 11.0 Å². The third kappa shape index (κ3) is 5.96. The highest BCUT2D eigenvalue weighted by Gasteiger charge is 2.21. The minimum atomic E-state index is -0.694. The molecule has 0 aliphatic carbocycles. The van der Waals surface area contributed by atoms with E-state index in [0.717, 1.165) is 31.5 Å². The van der Waals surface area contributed by atoms with Crippen molar-refractivity contribution >= 4 is 46.1 Å². The Morgan fingerprint density at radius 3 is 2.58 bits per heavy atom. The normalized spacial score (nSPS) is 14.6. The molecule has 40 heavy (non-hydrogen) atoms. The molecule has 1 atom stereocenters. The van der Waals surface area contributed by atoms with Crippen molar-refractivity contribution in [3.63, 3.8) is 0 Å². The zero-order chi connectivity index (χ0) is 28.2. The summed E-state index contributed by atoms with van der Waals surface area (Å²) in [7, 11) is 0. The molecule has 7 N–H and O–H groups in total. The third-order valence-corrected chi connectivity index (χ3v) is 7.20. The highest BCUT2D eigenvalue weighted by molar-refractivity contribution is 6.34. The van der Waals surface area contributed by atoms with Gasteiger partial charge in [-0.15, -0.1) is 0 Å². The largest absolute Gasteiger partial charge is 0.344 e. The number of amides is 2. The number of halogens is 1. The van der Waals surface area contributed by atoms with E-state index < -0.39 is 23.4 Å². The Kier molecular flexibility index (Phi) is 8.06. The summed E-state index contributed by atoms with van der Waals surface area (Å²) in [6.45, 7) is 1.66. The van der Waals surface area contributed by atoms with Crippen molar-refractivity contribution < 1.29 is 9.59 Å². The molecular weight excluding hydrogens is 532 g/mol. The third-order valence-electron chi connectivity index (χ3n) is 6.87. The molecule has 0 radical (unpaired) electrons. The Labute approximate surface area is 234 Å². The number of carbonyl (C=O) groups is 2. The topological polar surface area (TPSA) is 172 Å². The maximum atomic E-state index is 13.1. The molecule has 3 heterocycles. The van der Waals surface area contributed by atoms with Crippen LogP contribution >= 0.6 is 11.6 Å². The lowest BCUT2D eigenvalue weighted by Crippen LogP contribution is -2.40. The minimum absolute atomic E-state index is 0.147. The van der Waals surface area contributed by atoms with E-state index in [0.29, 0.717) is 17.0 Å². The summed E-state index contributed by atoms with van der Waals surface area (Å²) in [6, 6.07) is 15.0. The van der Waals surface area contributed by atoms with Crippen LogP contribution in [0, 0.1) is 0 Å². The van der Waals surface area contributed by atoms with Crippen molar-refractivity contribution in [3.05, 3.63) is 92.9 Å². The summed E-state index contributed by atoms with van der Waals surface area (Å²) in [5.74, 6) is -0.585. The first-order valence-electron chi connectivity index (χ1n) is 12.9. The second-order valence-electron chi connectivity index (χ2n) is 9.63. The number of carbonyl (C=O) groups excluding carboxylic acids is 2. The van der Waals surface area contributed by atoms with Gasteiger partial charge in [0, 0.05) is 42.8 Å². The zero-order valence-electron chi connectivity index (χ0n) is 21.6. The lowest BCUT2D eigenvalue weighted by Gasteiger charge is -2.30. The van der Waals surface area contributed by atoms with Gasteiger partial charge in [0.2, 0.25) is 5.95 Å². The average molecular weight is 561 g/mol. The van der Waals surface area contributed by atoms with Gasteiger partial charge in [-0.05, 0) is 42.7 Å². The molecule has 1 unspecified atom stereocenters. The van der Waals surface area contributed by atoms with Gasteiger partial charge in [0.1, 0.15) is 11.2 Å². The van der Waals surface area contributed by atoms with Crippen LogP contribution < -0.4 is 32.6 Å². The Balaban J connectivity index is 1.33. The predicted octanol–water partition coefficient (Wildman–Crippen LogP) is 2.58. The van der Waals surface area contributed by atoms with Crippen molar-refractivity contribution in [1.29, 1.82) is 0 Å². The zero-order valence-corrected chi connectivity index (χ0v) is 22.3. The van der Waals surface area contributed by atoms with E-state index in [2.05, 4.69) is 25.6 Å². The van der Waals surface area contributed by atoms with E-state index in [4.69, 9.17) is 23.1 Å². The van der Waals surface area contributed by atoms with Crippen LogP contribution in [0.3, 0.4) is 0 Å². The van der Waals surface area contributed by atoms with Crippen molar-refractivity contribution in [2.75, 3.05) is 29.9 Å². The molecule has 206 valence electrons. The second-order valence-corrected chi connectivity index (χ2v) is 10.0. The lowest BCUT2D eigenvalue weighted by atomic mass is 10.1. The number of benzene rings is 2.